The molecule has 1 saturated carbocycles. The molecule has 0 amide bonds. The highest BCUT2D eigenvalue weighted by atomic mass is 35.5. The number of nitrogens with two attached hydrogens (primary N) is 1. The van der Waals surface area contributed by atoms with Crippen LogP contribution in [0.3, 0.4) is 0 Å². The van der Waals surface area contributed by atoms with Gasteiger partial charge in [-0.05, 0) is 61.6 Å². The van der Waals surface area contributed by atoms with Gasteiger partial charge in [-0.3, -0.25) is 9.78 Å². The zero-order valence-electron chi connectivity index (χ0n) is 15.6. The Labute approximate surface area is 169 Å². The molecule has 144 valence electrons. The second-order valence-electron chi connectivity index (χ2n) is 7.46. The molecule has 0 saturated heterocycles. The maximum Gasteiger partial charge on any atom is 0.267 e. The summed E-state index contributed by atoms with van der Waals surface area (Å²) in [5.74, 6) is 0. The van der Waals surface area contributed by atoms with E-state index in [-0.39, 0.29) is 17.0 Å². The number of rotatable bonds is 4. The lowest BCUT2D eigenvalue weighted by Gasteiger charge is -2.40. The smallest absolute Gasteiger partial charge is 0.267 e. The van der Waals surface area contributed by atoms with E-state index in [1.165, 1.54) is 5.56 Å². The van der Waals surface area contributed by atoms with E-state index in [1.54, 1.807) is 29.2 Å². The van der Waals surface area contributed by atoms with Gasteiger partial charge < -0.3 is 5.73 Å². The van der Waals surface area contributed by atoms with Crippen LogP contribution in [0.5, 0.6) is 0 Å². The molecule has 3 aromatic rings. The van der Waals surface area contributed by atoms with Crippen LogP contribution in [0.2, 0.25) is 5.02 Å². The first kappa shape index (κ1) is 18.8. The molecule has 0 bridgehead atoms. The Kier molecular flexibility index (Phi) is 5.29. The summed E-state index contributed by atoms with van der Waals surface area (Å²) in [7, 11) is 0. The van der Waals surface area contributed by atoms with Crippen molar-refractivity contribution >= 4 is 11.6 Å². The lowest BCUT2D eigenvalue weighted by Crippen LogP contribution is -2.41. The minimum Gasteiger partial charge on any atom is -0.330 e. The van der Waals surface area contributed by atoms with Gasteiger partial charge in [0.15, 0.2) is 0 Å². The number of pyridine rings is 1. The lowest BCUT2D eigenvalue weighted by molar-refractivity contribution is 0.222. The van der Waals surface area contributed by atoms with Crippen LogP contribution in [0.4, 0.5) is 0 Å². The SMILES string of the molecule is NCC1(c2cccc(Cl)c2)CCC(n2nc(-c3ccncc3)ccc2=O)CC1. The monoisotopic (exact) mass is 394 g/mol. The van der Waals surface area contributed by atoms with Crippen molar-refractivity contribution in [2.24, 2.45) is 5.73 Å². The van der Waals surface area contributed by atoms with Crippen LogP contribution in [0.15, 0.2) is 65.7 Å². The van der Waals surface area contributed by atoms with Crippen LogP contribution in [-0.2, 0) is 5.41 Å². The third kappa shape index (κ3) is 3.60. The number of benzene rings is 1. The first-order chi connectivity index (χ1) is 13.6. The number of hydrogen-bond acceptors (Lipinski definition) is 4. The van der Waals surface area contributed by atoms with Crippen molar-refractivity contribution in [3.8, 4) is 11.3 Å². The molecule has 2 aromatic heterocycles. The van der Waals surface area contributed by atoms with E-state index in [4.69, 9.17) is 17.3 Å². The molecule has 1 aliphatic rings. The standard InChI is InChI=1S/C22H23ClN4O/c23-18-3-1-2-17(14-18)22(15-24)10-6-19(7-11-22)27-21(28)5-4-20(26-27)16-8-12-25-13-9-16/h1-5,8-9,12-14,19H,6-7,10-11,15,24H2. The number of halogens is 1. The Morgan fingerprint density at radius 3 is 2.54 bits per heavy atom. The highest BCUT2D eigenvalue weighted by Crippen LogP contribution is 2.42. The average Bonchev–Trinajstić information content (AvgIpc) is 2.75. The van der Waals surface area contributed by atoms with E-state index in [1.807, 2.05) is 30.3 Å². The Bertz CT molecular complexity index is 1010. The summed E-state index contributed by atoms with van der Waals surface area (Å²) < 4.78 is 1.65. The van der Waals surface area contributed by atoms with Crippen LogP contribution in [0.25, 0.3) is 11.3 Å². The zero-order chi connectivity index (χ0) is 19.6. The lowest BCUT2D eigenvalue weighted by atomic mass is 9.68. The maximum absolute atomic E-state index is 12.5. The van der Waals surface area contributed by atoms with E-state index < -0.39 is 0 Å². The zero-order valence-corrected chi connectivity index (χ0v) is 16.3. The van der Waals surface area contributed by atoms with Gasteiger partial charge in [0.25, 0.3) is 5.56 Å². The van der Waals surface area contributed by atoms with Crippen molar-refractivity contribution < 1.29 is 0 Å². The first-order valence-corrected chi connectivity index (χ1v) is 9.95. The molecule has 0 radical (unpaired) electrons. The molecule has 0 aliphatic heterocycles. The molecule has 1 aliphatic carbocycles. The van der Waals surface area contributed by atoms with Crippen LogP contribution in [-0.4, -0.2) is 21.3 Å². The highest BCUT2D eigenvalue weighted by molar-refractivity contribution is 6.30. The number of aromatic nitrogens is 3. The quantitative estimate of drug-likeness (QED) is 0.726. The van der Waals surface area contributed by atoms with E-state index in [9.17, 15) is 4.79 Å². The van der Waals surface area contributed by atoms with Gasteiger partial charge in [0.1, 0.15) is 0 Å². The van der Waals surface area contributed by atoms with Crippen molar-refractivity contribution in [3.05, 3.63) is 81.9 Å². The Morgan fingerprint density at radius 2 is 1.86 bits per heavy atom. The highest BCUT2D eigenvalue weighted by Gasteiger charge is 2.37. The molecule has 0 spiro atoms. The van der Waals surface area contributed by atoms with E-state index >= 15 is 0 Å². The summed E-state index contributed by atoms with van der Waals surface area (Å²) in [4.78, 5) is 16.5. The summed E-state index contributed by atoms with van der Waals surface area (Å²) in [6.07, 6.45) is 6.98. The van der Waals surface area contributed by atoms with E-state index in [0.717, 1.165) is 42.0 Å². The minimum absolute atomic E-state index is 0.0641. The van der Waals surface area contributed by atoms with Crippen LogP contribution in [0.1, 0.15) is 37.3 Å². The summed E-state index contributed by atoms with van der Waals surface area (Å²) >= 11 is 6.20. The van der Waals surface area contributed by atoms with Crippen molar-refractivity contribution in [2.45, 2.75) is 37.1 Å². The molecular formula is C22H23ClN4O. The van der Waals surface area contributed by atoms with E-state index in [2.05, 4.69) is 16.1 Å². The van der Waals surface area contributed by atoms with Crippen LogP contribution >= 0.6 is 11.6 Å². The summed E-state index contributed by atoms with van der Waals surface area (Å²) in [6, 6.07) is 15.2. The van der Waals surface area contributed by atoms with Crippen molar-refractivity contribution in [2.75, 3.05) is 6.54 Å². The second-order valence-corrected chi connectivity index (χ2v) is 7.90. The molecule has 2 heterocycles. The van der Waals surface area contributed by atoms with E-state index in [0.29, 0.717) is 6.54 Å². The third-order valence-corrected chi connectivity index (χ3v) is 6.12. The van der Waals surface area contributed by atoms with Crippen LogP contribution < -0.4 is 11.3 Å². The fourth-order valence-corrected chi connectivity index (χ4v) is 4.38. The molecule has 1 fully saturated rings. The second kappa shape index (κ2) is 7.86. The van der Waals surface area contributed by atoms with Gasteiger partial charge in [-0.25, -0.2) is 4.68 Å². The van der Waals surface area contributed by atoms with Crippen molar-refractivity contribution in [3.63, 3.8) is 0 Å². The predicted octanol–water partition coefficient (Wildman–Crippen LogP) is 3.97. The van der Waals surface area contributed by atoms with Gasteiger partial charge in [-0.15, -0.1) is 0 Å². The molecule has 4 rings (SSSR count). The average molecular weight is 395 g/mol. The predicted molar refractivity (Wildman–Crippen MR) is 111 cm³/mol. The van der Waals surface area contributed by atoms with Gasteiger partial charge in [0.2, 0.25) is 0 Å². The molecular weight excluding hydrogens is 372 g/mol. The van der Waals surface area contributed by atoms with Gasteiger partial charge in [0, 0.05) is 41.0 Å². The Balaban J connectivity index is 1.59. The normalized spacial score (nSPS) is 22.1. The van der Waals surface area contributed by atoms with Gasteiger partial charge >= 0.3 is 0 Å². The maximum atomic E-state index is 12.5. The topological polar surface area (TPSA) is 73.8 Å². The fraction of sp³-hybridized carbons (Fsp3) is 0.318. The summed E-state index contributed by atoms with van der Waals surface area (Å²) in [6.45, 7) is 0.569. The first-order valence-electron chi connectivity index (χ1n) is 9.58. The molecule has 6 heteroatoms. The van der Waals surface area contributed by atoms with Crippen molar-refractivity contribution in [1.82, 2.24) is 14.8 Å². The number of nitrogens with zero attached hydrogens (tertiary/aromatic N) is 3. The summed E-state index contributed by atoms with van der Waals surface area (Å²) in [5, 5.41) is 5.38. The van der Waals surface area contributed by atoms with Crippen molar-refractivity contribution in [1.29, 1.82) is 0 Å². The third-order valence-electron chi connectivity index (χ3n) is 5.89. The molecule has 2 N–H and O–H groups in total. The molecule has 5 nitrogen and oxygen atoms in total. The van der Waals surface area contributed by atoms with Crippen LogP contribution in [0, 0.1) is 0 Å². The minimum atomic E-state index is -0.0896. The Morgan fingerprint density at radius 1 is 1.11 bits per heavy atom. The molecule has 0 unspecified atom stereocenters. The summed E-state index contributed by atoms with van der Waals surface area (Å²) in [5.41, 5.74) is 8.97. The Hall–Kier alpha value is -2.50. The molecule has 0 atom stereocenters. The molecule has 1 aromatic carbocycles. The van der Waals surface area contributed by atoms with Gasteiger partial charge in [0.05, 0.1) is 11.7 Å². The van der Waals surface area contributed by atoms with Gasteiger partial charge in [-0.2, -0.15) is 5.10 Å². The van der Waals surface area contributed by atoms with Gasteiger partial charge in [-0.1, -0.05) is 23.7 Å². The fourth-order valence-electron chi connectivity index (χ4n) is 4.19. The molecule has 28 heavy (non-hydrogen) atoms. The number of hydrogen-bond donors (Lipinski definition) is 1. The largest absolute Gasteiger partial charge is 0.330 e.